The van der Waals surface area contributed by atoms with Crippen LogP contribution in [0.5, 0.6) is 5.75 Å². The zero-order chi connectivity index (χ0) is 14.6. The van der Waals surface area contributed by atoms with Crippen LogP contribution in [0.15, 0.2) is 24.3 Å². The van der Waals surface area contributed by atoms with E-state index in [1.54, 1.807) is 7.11 Å². The lowest BCUT2D eigenvalue weighted by Gasteiger charge is -2.28. The van der Waals surface area contributed by atoms with E-state index in [2.05, 4.69) is 43.2 Å². The van der Waals surface area contributed by atoms with Crippen molar-refractivity contribution in [3.05, 3.63) is 29.8 Å². The zero-order valence-corrected chi connectivity index (χ0v) is 13.0. The Morgan fingerprint density at radius 3 is 2.80 bits per heavy atom. The van der Waals surface area contributed by atoms with E-state index in [0.29, 0.717) is 0 Å². The molecule has 0 bridgehead atoms. The number of para-hydroxylation sites is 1. The molecule has 0 aromatic heterocycles. The van der Waals surface area contributed by atoms with E-state index < -0.39 is 0 Å². The van der Waals surface area contributed by atoms with Gasteiger partial charge in [0, 0.05) is 32.3 Å². The maximum absolute atomic E-state index is 6.03. The van der Waals surface area contributed by atoms with Crippen molar-refractivity contribution in [3.8, 4) is 5.75 Å². The topological polar surface area (TPSA) is 33.7 Å². The first-order chi connectivity index (χ1) is 9.54. The van der Waals surface area contributed by atoms with Crippen LogP contribution in [0.1, 0.15) is 25.5 Å². The molecule has 1 aromatic carbocycles. The van der Waals surface area contributed by atoms with Crippen molar-refractivity contribution in [1.82, 2.24) is 10.2 Å². The van der Waals surface area contributed by atoms with Gasteiger partial charge in [-0.05, 0) is 27.0 Å². The number of hydrogen-bond donors (Lipinski definition) is 1. The van der Waals surface area contributed by atoms with Crippen LogP contribution in [-0.4, -0.2) is 50.9 Å². The molecule has 0 saturated carbocycles. The van der Waals surface area contributed by atoms with E-state index in [4.69, 9.17) is 9.47 Å². The highest BCUT2D eigenvalue weighted by Gasteiger charge is 2.40. The summed E-state index contributed by atoms with van der Waals surface area (Å²) in [5.41, 5.74) is 1.06. The van der Waals surface area contributed by atoms with Gasteiger partial charge in [-0.1, -0.05) is 18.2 Å². The van der Waals surface area contributed by atoms with Crippen LogP contribution >= 0.6 is 0 Å². The van der Waals surface area contributed by atoms with Crippen molar-refractivity contribution in [2.75, 3.05) is 40.4 Å². The molecule has 1 heterocycles. The fraction of sp³-hybridized carbons (Fsp3) is 0.625. The Balaban J connectivity index is 1.89. The highest BCUT2D eigenvalue weighted by Crippen LogP contribution is 2.42. The SMILES string of the molecule is COCCN(C)CCNC1c2ccccc2OC1(C)C. The molecule has 1 atom stereocenters. The number of nitrogens with zero attached hydrogens (tertiary/aromatic N) is 1. The quantitative estimate of drug-likeness (QED) is 0.828. The molecule has 1 unspecified atom stereocenters. The van der Waals surface area contributed by atoms with E-state index >= 15 is 0 Å². The third-order valence-electron chi connectivity index (χ3n) is 3.82. The molecule has 0 aliphatic carbocycles. The van der Waals surface area contributed by atoms with Crippen molar-refractivity contribution < 1.29 is 9.47 Å². The minimum absolute atomic E-state index is 0.200. The smallest absolute Gasteiger partial charge is 0.125 e. The molecular formula is C16H26N2O2. The maximum Gasteiger partial charge on any atom is 0.125 e. The monoisotopic (exact) mass is 278 g/mol. The number of likely N-dealkylation sites (N-methyl/N-ethyl adjacent to an activating group) is 1. The molecule has 0 amide bonds. The first kappa shape index (κ1) is 15.3. The predicted octanol–water partition coefficient (Wildman–Crippen LogP) is 2.07. The van der Waals surface area contributed by atoms with Crippen molar-refractivity contribution >= 4 is 0 Å². The fourth-order valence-electron chi connectivity index (χ4n) is 2.64. The van der Waals surface area contributed by atoms with E-state index in [1.165, 1.54) is 5.56 Å². The summed E-state index contributed by atoms with van der Waals surface area (Å²) in [4.78, 5) is 2.27. The summed E-state index contributed by atoms with van der Waals surface area (Å²) in [6, 6.07) is 8.54. The van der Waals surface area contributed by atoms with Crippen LogP contribution in [0.2, 0.25) is 0 Å². The van der Waals surface area contributed by atoms with Crippen LogP contribution in [0, 0.1) is 0 Å². The Morgan fingerprint density at radius 2 is 2.05 bits per heavy atom. The lowest BCUT2D eigenvalue weighted by atomic mass is 9.94. The summed E-state index contributed by atoms with van der Waals surface area (Å²) in [6.07, 6.45) is 0. The van der Waals surface area contributed by atoms with Crippen LogP contribution < -0.4 is 10.1 Å². The second kappa shape index (κ2) is 6.57. The van der Waals surface area contributed by atoms with Gasteiger partial charge >= 0.3 is 0 Å². The molecule has 1 aliphatic heterocycles. The molecule has 0 saturated heterocycles. The Morgan fingerprint density at radius 1 is 1.30 bits per heavy atom. The normalized spacial score (nSPS) is 19.9. The Hall–Kier alpha value is -1.10. The Kier molecular flexibility index (Phi) is 5.02. The highest BCUT2D eigenvalue weighted by molar-refractivity contribution is 5.42. The number of benzene rings is 1. The summed E-state index contributed by atoms with van der Waals surface area (Å²) >= 11 is 0. The fourth-order valence-corrected chi connectivity index (χ4v) is 2.64. The third kappa shape index (κ3) is 3.51. The van der Waals surface area contributed by atoms with Gasteiger partial charge in [-0.15, -0.1) is 0 Å². The Bertz CT molecular complexity index is 434. The van der Waals surface area contributed by atoms with Gasteiger partial charge in [0.05, 0.1) is 12.6 Å². The van der Waals surface area contributed by atoms with Gasteiger partial charge in [-0.25, -0.2) is 0 Å². The highest BCUT2D eigenvalue weighted by atomic mass is 16.5. The largest absolute Gasteiger partial charge is 0.486 e. The molecule has 4 nitrogen and oxygen atoms in total. The molecule has 0 fully saturated rings. The number of hydrogen-bond acceptors (Lipinski definition) is 4. The van der Waals surface area contributed by atoms with Gasteiger partial charge in [0.25, 0.3) is 0 Å². The molecule has 20 heavy (non-hydrogen) atoms. The van der Waals surface area contributed by atoms with Gasteiger partial charge in [0.2, 0.25) is 0 Å². The zero-order valence-electron chi connectivity index (χ0n) is 13.0. The van der Waals surface area contributed by atoms with Crippen LogP contribution in [0.3, 0.4) is 0 Å². The molecule has 1 aliphatic rings. The van der Waals surface area contributed by atoms with Gasteiger partial charge in [0.15, 0.2) is 0 Å². The molecule has 0 radical (unpaired) electrons. The molecule has 0 spiro atoms. The van der Waals surface area contributed by atoms with Crippen molar-refractivity contribution in [3.63, 3.8) is 0 Å². The summed E-state index contributed by atoms with van der Waals surface area (Å²) in [7, 11) is 3.85. The lowest BCUT2D eigenvalue weighted by Crippen LogP contribution is -2.42. The lowest BCUT2D eigenvalue weighted by molar-refractivity contribution is 0.0944. The number of methoxy groups -OCH3 is 1. The van der Waals surface area contributed by atoms with Gasteiger partial charge in [0.1, 0.15) is 11.4 Å². The summed E-state index contributed by atoms with van der Waals surface area (Å²) < 4.78 is 11.1. The molecule has 4 heteroatoms. The van der Waals surface area contributed by atoms with E-state index in [0.717, 1.165) is 32.0 Å². The minimum atomic E-state index is -0.200. The van der Waals surface area contributed by atoms with E-state index in [9.17, 15) is 0 Å². The number of ether oxygens (including phenoxy) is 2. The molecule has 112 valence electrons. The first-order valence-corrected chi connectivity index (χ1v) is 7.23. The van der Waals surface area contributed by atoms with Gasteiger partial charge in [-0.3, -0.25) is 0 Å². The molecule has 1 aromatic rings. The van der Waals surface area contributed by atoms with Crippen LogP contribution in [0.4, 0.5) is 0 Å². The number of fused-ring (bicyclic) bond motifs is 1. The summed E-state index contributed by atoms with van der Waals surface area (Å²) in [5, 5.41) is 3.63. The third-order valence-corrected chi connectivity index (χ3v) is 3.82. The second-order valence-electron chi connectivity index (χ2n) is 5.93. The van der Waals surface area contributed by atoms with Crippen molar-refractivity contribution in [1.29, 1.82) is 0 Å². The van der Waals surface area contributed by atoms with Crippen LogP contribution in [0.25, 0.3) is 0 Å². The summed E-state index contributed by atoms with van der Waals surface area (Å²) in [5.74, 6) is 1.00. The van der Waals surface area contributed by atoms with Gasteiger partial charge < -0.3 is 19.7 Å². The van der Waals surface area contributed by atoms with Crippen molar-refractivity contribution in [2.45, 2.75) is 25.5 Å². The van der Waals surface area contributed by atoms with Crippen molar-refractivity contribution in [2.24, 2.45) is 0 Å². The average Bonchev–Trinajstić information content (AvgIpc) is 2.67. The molecule has 2 rings (SSSR count). The average molecular weight is 278 g/mol. The maximum atomic E-state index is 6.03. The predicted molar refractivity (Wildman–Crippen MR) is 81.3 cm³/mol. The molecular weight excluding hydrogens is 252 g/mol. The van der Waals surface area contributed by atoms with E-state index in [-0.39, 0.29) is 11.6 Å². The second-order valence-corrected chi connectivity index (χ2v) is 5.93. The summed E-state index contributed by atoms with van der Waals surface area (Å²) in [6.45, 7) is 7.94. The number of rotatable bonds is 7. The van der Waals surface area contributed by atoms with E-state index in [1.807, 2.05) is 12.1 Å². The standard InChI is InChI=1S/C16H26N2O2/c1-16(2)15(13-7-5-6-8-14(13)20-16)17-9-10-18(3)11-12-19-4/h5-8,15,17H,9-12H2,1-4H3. The van der Waals surface area contributed by atoms with Gasteiger partial charge in [-0.2, -0.15) is 0 Å². The first-order valence-electron chi connectivity index (χ1n) is 7.23. The Labute approximate surface area is 122 Å². The molecule has 1 N–H and O–H groups in total. The number of nitrogens with one attached hydrogen (secondary N) is 1. The minimum Gasteiger partial charge on any atom is -0.486 e. The van der Waals surface area contributed by atoms with Crippen LogP contribution in [-0.2, 0) is 4.74 Å².